The maximum atomic E-state index is 8.07. The molecule has 1 fully saturated rings. The second-order valence-electron chi connectivity index (χ2n) is 1.77. The van der Waals surface area contributed by atoms with Gasteiger partial charge >= 0.3 is 0 Å². The lowest BCUT2D eigenvalue weighted by molar-refractivity contribution is 0.310. The van der Waals surface area contributed by atoms with E-state index in [9.17, 15) is 0 Å². The SMILES string of the molecule is CC1(CC#N)NO1. The van der Waals surface area contributed by atoms with Crippen LogP contribution in [0, 0.1) is 11.3 Å². The molecule has 0 bridgehead atoms. The molecule has 3 heteroatoms. The predicted octanol–water partition coefficient (Wildman–Crippen LogP) is 0.151. The summed E-state index contributed by atoms with van der Waals surface area (Å²) in [7, 11) is 0. The van der Waals surface area contributed by atoms with Crippen LogP contribution in [0.1, 0.15) is 13.3 Å². The van der Waals surface area contributed by atoms with Crippen LogP contribution >= 0.6 is 0 Å². The Balaban J connectivity index is 2.30. The van der Waals surface area contributed by atoms with E-state index >= 15 is 0 Å². The largest absolute Gasteiger partial charge is 0.274 e. The van der Waals surface area contributed by atoms with Gasteiger partial charge in [-0.2, -0.15) is 10.7 Å². The summed E-state index contributed by atoms with van der Waals surface area (Å²) in [6, 6.07) is 1.98. The summed E-state index contributed by atoms with van der Waals surface area (Å²) in [5.41, 5.74) is 2.28. The average molecular weight is 98.1 g/mol. The van der Waals surface area contributed by atoms with Crippen LogP contribution < -0.4 is 5.48 Å². The Hall–Kier alpha value is -0.590. The number of nitriles is 1. The fourth-order valence-corrected chi connectivity index (χ4v) is 0.310. The number of hydroxylamine groups is 1. The highest BCUT2D eigenvalue weighted by Crippen LogP contribution is 2.20. The summed E-state index contributed by atoms with van der Waals surface area (Å²) >= 11 is 0. The van der Waals surface area contributed by atoms with E-state index in [1.165, 1.54) is 0 Å². The van der Waals surface area contributed by atoms with Crippen molar-refractivity contribution < 1.29 is 4.84 Å². The van der Waals surface area contributed by atoms with E-state index in [4.69, 9.17) is 5.26 Å². The summed E-state index contributed by atoms with van der Waals surface area (Å²) in [6.45, 7) is 1.83. The number of hydrogen-bond donors (Lipinski definition) is 1. The lowest BCUT2D eigenvalue weighted by Crippen LogP contribution is -2.05. The topological polar surface area (TPSA) is 58.3 Å². The van der Waals surface area contributed by atoms with Crippen molar-refractivity contribution >= 4 is 0 Å². The zero-order chi connectivity index (χ0) is 5.33. The number of rotatable bonds is 1. The highest BCUT2D eigenvalue weighted by Gasteiger charge is 2.38. The van der Waals surface area contributed by atoms with Crippen LogP contribution in [-0.2, 0) is 4.84 Å². The summed E-state index contributed by atoms with van der Waals surface area (Å²) in [5, 5.41) is 8.07. The van der Waals surface area contributed by atoms with Gasteiger partial charge in [0.15, 0.2) is 5.72 Å². The molecule has 1 heterocycles. The summed E-state index contributed by atoms with van der Waals surface area (Å²) in [6.07, 6.45) is 0.424. The maximum absolute atomic E-state index is 8.07. The number of nitrogens with zero attached hydrogens (tertiary/aromatic N) is 1. The molecule has 1 N–H and O–H groups in total. The second-order valence-corrected chi connectivity index (χ2v) is 1.77. The first kappa shape index (κ1) is 4.57. The van der Waals surface area contributed by atoms with Gasteiger partial charge in [-0.1, -0.05) is 0 Å². The van der Waals surface area contributed by atoms with Crippen LogP contribution in [0.4, 0.5) is 0 Å². The molecule has 1 unspecified atom stereocenters. The summed E-state index contributed by atoms with van der Waals surface area (Å²) in [4.78, 5) is 4.66. The van der Waals surface area contributed by atoms with E-state index < -0.39 is 0 Å². The van der Waals surface area contributed by atoms with Crippen molar-refractivity contribution in [2.45, 2.75) is 19.1 Å². The molecule has 0 saturated carbocycles. The van der Waals surface area contributed by atoms with E-state index in [-0.39, 0.29) is 5.72 Å². The molecule has 1 saturated heterocycles. The molecule has 0 amide bonds. The average Bonchev–Trinajstić information content (AvgIpc) is 2.22. The molecule has 1 rings (SSSR count). The Morgan fingerprint density at radius 3 is 2.71 bits per heavy atom. The van der Waals surface area contributed by atoms with Gasteiger partial charge in [0, 0.05) is 0 Å². The van der Waals surface area contributed by atoms with E-state index in [0.717, 1.165) is 0 Å². The molecular formula is C4H6N2O. The standard InChI is InChI=1S/C4H6N2O/c1-4(2-3-5)6-7-4/h6H,2H2,1H3. The van der Waals surface area contributed by atoms with Crippen molar-refractivity contribution in [3.8, 4) is 6.07 Å². The zero-order valence-corrected chi connectivity index (χ0v) is 4.06. The lowest BCUT2D eigenvalue weighted by Gasteiger charge is -1.86. The number of hydrogen-bond acceptors (Lipinski definition) is 3. The predicted molar refractivity (Wildman–Crippen MR) is 22.9 cm³/mol. The molecule has 3 nitrogen and oxygen atoms in total. The Kier molecular flexibility index (Phi) is 0.775. The lowest BCUT2D eigenvalue weighted by atomic mass is 10.2. The van der Waals surface area contributed by atoms with Crippen molar-refractivity contribution in [2.24, 2.45) is 0 Å². The third-order valence-corrected chi connectivity index (χ3v) is 0.867. The third-order valence-electron chi connectivity index (χ3n) is 0.867. The molecule has 1 aliphatic heterocycles. The molecule has 38 valence electrons. The van der Waals surface area contributed by atoms with Gasteiger partial charge in [0.05, 0.1) is 12.5 Å². The Morgan fingerprint density at radius 2 is 2.57 bits per heavy atom. The Morgan fingerprint density at radius 1 is 2.00 bits per heavy atom. The smallest absolute Gasteiger partial charge is 0.171 e. The van der Waals surface area contributed by atoms with Gasteiger partial charge in [0.25, 0.3) is 0 Å². The first-order valence-electron chi connectivity index (χ1n) is 2.09. The van der Waals surface area contributed by atoms with Gasteiger partial charge in [0.2, 0.25) is 0 Å². The minimum Gasteiger partial charge on any atom is -0.274 e. The van der Waals surface area contributed by atoms with Crippen LogP contribution in [0.2, 0.25) is 0 Å². The zero-order valence-electron chi connectivity index (χ0n) is 4.06. The first-order valence-corrected chi connectivity index (χ1v) is 2.09. The molecule has 0 aromatic rings. The third kappa shape index (κ3) is 0.889. The summed E-state index contributed by atoms with van der Waals surface area (Å²) < 4.78 is 0. The molecule has 1 atom stereocenters. The van der Waals surface area contributed by atoms with Crippen molar-refractivity contribution in [1.82, 2.24) is 5.48 Å². The Bertz CT molecular complexity index is 111. The monoisotopic (exact) mass is 98.0 g/mol. The fourth-order valence-electron chi connectivity index (χ4n) is 0.310. The number of nitrogens with one attached hydrogen (secondary N) is 1. The van der Waals surface area contributed by atoms with Crippen LogP contribution in [-0.4, -0.2) is 5.72 Å². The maximum Gasteiger partial charge on any atom is 0.171 e. The minimum absolute atomic E-state index is 0.311. The van der Waals surface area contributed by atoms with Gasteiger partial charge in [0.1, 0.15) is 0 Å². The van der Waals surface area contributed by atoms with Crippen molar-refractivity contribution in [2.75, 3.05) is 0 Å². The normalized spacial score (nSPS) is 37.1. The highest BCUT2D eigenvalue weighted by atomic mass is 16.8. The van der Waals surface area contributed by atoms with E-state index in [0.29, 0.717) is 6.42 Å². The van der Waals surface area contributed by atoms with E-state index in [1.54, 1.807) is 0 Å². The molecule has 7 heavy (non-hydrogen) atoms. The van der Waals surface area contributed by atoms with Gasteiger partial charge in [-0.25, -0.2) is 0 Å². The van der Waals surface area contributed by atoms with Crippen LogP contribution in [0.3, 0.4) is 0 Å². The molecule has 0 aromatic heterocycles. The van der Waals surface area contributed by atoms with Gasteiger partial charge in [-0.15, -0.1) is 0 Å². The molecule has 1 aliphatic rings. The first-order chi connectivity index (χ1) is 3.27. The molecular weight excluding hydrogens is 92.1 g/mol. The van der Waals surface area contributed by atoms with Crippen LogP contribution in [0.15, 0.2) is 0 Å². The van der Waals surface area contributed by atoms with E-state index in [1.807, 2.05) is 13.0 Å². The van der Waals surface area contributed by atoms with Crippen molar-refractivity contribution in [1.29, 1.82) is 5.26 Å². The van der Waals surface area contributed by atoms with E-state index in [2.05, 4.69) is 10.3 Å². The van der Waals surface area contributed by atoms with Crippen molar-refractivity contribution in [3.63, 3.8) is 0 Å². The molecule has 0 aromatic carbocycles. The van der Waals surface area contributed by atoms with Crippen molar-refractivity contribution in [3.05, 3.63) is 0 Å². The fraction of sp³-hybridized carbons (Fsp3) is 0.750. The van der Waals surface area contributed by atoms with Gasteiger partial charge in [-0.05, 0) is 6.92 Å². The molecule has 0 radical (unpaired) electrons. The molecule has 0 aliphatic carbocycles. The quantitative estimate of drug-likeness (QED) is 0.475. The summed E-state index contributed by atoms with van der Waals surface area (Å²) in [5.74, 6) is 0. The van der Waals surface area contributed by atoms with Crippen LogP contribution in [0.5, 0.6) is 0 Å². The van der Waals surface area contributed by atoms with Gasteiger partial charge < -0.3 is 0 Å². The Labute approximate surface area is 41.8 Å². The minimum atomic E-state index is -0.311. The second kappa shape index (κ2) is 1.19. The van der Waals surface area contributed by atoms with Gasteiger partial charge in [-0.3, -0.25) is 4.84 Å². The molecule has 0 spiro atoms. The highest BCUT2D eigenvalue weighted by molar-refractivity contribution is 4.88. The van der Waals surface area contributed by atoms with Crippen LogP contribution in [0.25, 0.3) is 0 Å².